The van der Waals surface area contributed by atoms with Crippen LogP contribution in [0.1, 0.15) is 26.2 Å². The zero-order valence-corrected chi connectivity index (χ0v) is 13.6. The quantitative estimate of drug-likeness (QED) is 0.232. The van der Waals surface area contributed by atoms with Crippen LogP contribution in [0.3, 0.4) is 0 Å². The predicted octanol–water partition coefficient (Wildman–Crippen LogP) is 5.34. The third-order valence-corrected chi connectivity index (χ3v) is 3.85. The second kappa shape index (κ2) is 9.11. The van der Waals surface area contributed by atoms with Crippen molar-refractivity contribution in [1.29, 1.82) is 0 Å². The molecule has 0 aliphatic heterocycles. The van der Waals surface area contributed by atoms with Gasteiger partial charge in [0.15, 0.2) is 0 Å². The highest BCUT2D eigenvalue weighted by Gasteiger charge is 2.08. The van der Waals surface area contributed by atoms with Gasteiger partial charge in [0.25, 0.3) is 0 Å². The average Bonchev–Trinajstić information content (AvgIpc) is 2.45. The van der Waals surface area contributed by atoms with Gasteiger partial charge in [-0.3, -0.25) is 15.8 Å². The number of hydrazine groups is 1. The van der Waals surface area contributed by atoms with E-state index in [2.05, 4.69) is 29.3 Å². The van der Waals surface area contributed by atoms with Crippen molar-refractivity contribution in [3.05, 3.63) is 39.9 Å². The largest absolute Gasteiger partial charge is 0.298 e. The lowest BCUT2D eigenvalue weighted by Crippen LogP contribution is -2.29. The smallest absolute Gasteiger partial charge is 0.115 e. The van der Waals surface area contributed by atoms with E-state index in [1.807, 2.05) is 0 Å². The minimum atomic E-state index is 0.332. The van der Waals surface area contributed by atoms with E-state index in [0.717, 1.165) is 25.1 Å². The molecule has 1 rings (SSSR count). The van der Waals surface area contributed by atoms with Crippen LogP contribution >= 0.6 is 34.8 Å². The molecule has 0 fully saturated rings. The molecule has 0 amide bonds. The highest BCUT2D eigenvalue weighted by molar-refractivity contribution is 6.49. The molecule has 110 valence electrons. The third-order valence-electron chi connectivity index (χ3n) is 2.56. The normalized spacial score (nSPS) is 11.3. The Hall–Kier alpha value is -0.900. The fourth-order valence-corrected chi connectivity index (χ4v) is 2.04. The van der Waals surface area contributed by atoms with Crippen molar-refractivity contribution >= 4 is 46.3 Å². The van der Waals surface area contributed by atoms with E-state index < -0.39 is 0 Å². The van der Waals surface area contributed by atoms with Crippen LogP contribution in [0.4, 0.5) is 5.69 Å². The zero-order valence-electron chi connectivity index (χ0n) is 11.3. The summed E-state index contributed by atoms with van der Waals surface area (Å²) in [6.45, 7) is 6.36. The van der Waals surface area contributed by atoms with Crippen LogP contribution in [0.15, 0.2) is 29.8 Å². The van der Waals surface area contributed by atoms with E-state index in [9.17, 15) is 0 Å². The van der Waals surface area contributed by atoms with E-state index >= 15 is 0 Å². The summed E-state index contributed by atoms with van der Waals surface area (Å²) >= 11 is 18.0. The average molecular weight is 335 g/mol. The maximum atomic E-state index is 6.12. The van der Waals surface area contributed by atoms with Gasteiger partial charge >= 0.3 is 0 Å². The first-order chi connectivity index (χ1) is 9.60. The number of nitrogens with zero attached hydrogens (tertiary/aromatic N) is 1. The lowest BCUT2D eigenvalue weighted by atomic mass is 10.2. The first-order valence-electron chi connectivity index (χ1n) is 6.39. The molecule has 3 nitrogen and oxygen atoms in total. The lowest BCUT2D eigenvalue weighted by Gasteiger charge is -2.14. The van der Waals surface area contributed by atoms with Gasteiger partial charge in [0.2, 0.25) is 0 Å². The minimum Gasteiger partial charge on any atom is -0.298 e. The SMILES string of the molecule is C=CCN=C(CCCC)NNc1ccc(Cl)c(Cl)c1Cl. The summed E-state index contributed by atoms with van der Waals surface area (Å²) in [7, 11) is 0. The Labute approximate surface area is 135 Å². The Bertz CT molecular complexity index is 487. The van der Waals surface area contributed by atoms with Gasteiger partial charge in [0, 0.05) is 6.42 Å². The van der Waals surface area contributed by atoms with Crippen LogP contribution < -0.4 is 10.9 Å². The summed E-state index contributed by atoms with van der Waals surface area (Å²) in [5, 5.41) is 1.14. The van der Waals surface area contributed by atoms with Crippen LogP contribution in [-0.2, 0) is 0 Å². The molecule has 0 radical (unpaired) electrons. The number of halogens is 3. The van der Waals surface area contributed by atoms with Crippen LogP contribution in [0.25, 0.3) is 0 Å². The monoisotopic (exact) mass is 333 g/mol. The Morgan fingerprint density at radius 3 is 2.70 bits per heavy atom. The molecule has 2 N–H and O–H groups in total. The molecule has 0 heterocycles. The van der Waals surface area contributed by atoms with E-state index in [1.165, 1.54) is 0 Å². The molecule has 0 aliphatic carbocycles. The van der Waals surface area contributed by atoms with Gasteiger partial charge in [-0.2, -0.15) is 0 Å². The van der Waals surface area contributed by atoms with Gasteiger partial charge in [0.1, 0.15) is 5.84 Å². The number of aliphatic imine (C=N–C) groups is 1. The molecule has 0 saturated carbocycles. The van der Waals surface area contributed by atoms with Gasteiger partial charge in [-0.15, -0.1) is 6.58 Å². The second-order valence-electron chi connectivity index (χ2n) is 4.15. The highest BCUT2D eigenvalue weighted by Crippen LogP contribution is 2.35. The number of nitrogens with one attached hydrogen (secondary N) is 2. The summed E-state index contributed by atoms with van der Waals surface area (Å²) in [5.74, 6) is 0.855. The van der Waals surface area contributed by atoms with E-state index in [4.69, 9.17) is 34.8 Å². The predicted molar refractivity (Wildman–Crippen MR) is 90.3 cm³/mol. The molecule has 20 heavy (non-hydrogen) atoms. The summed E-state index contributed by atoms with van der Waals surface area (Å²) in [6.07, 6.45) is 4.76. The number of anilines is 1. The molecule has 0 bridgehead atoms. The van der Waals surface area contributed by atoms with Crippen molar-refractivity contribution in [2.45, 2.75) is 26.2 Å². The van der Waals surface area contributed by atoms with Crippen LogP contribution in [-0.4, -0.2) is 12.4 Å². The highest BCUT2D eigenvalue weighted by atomic mass is 35.5. The first-order valence-corrected chi connectivity index (χ1v) is 7.53. The fourth-order valence-electron chi connectivity index (χ4n) is 1.46. The third kappa shape index (κ3) is 5.23. The van der Waals surface area contributed by atoms with Crippen molar-refractivity contribution in [2.24, 2.45) is 4.99 Å². The van der Waals surface area contributed by atoms with Gasteiger partial charge in [-0.1, -0.05) is 54.2 Å². The molecule has 0 aliphatic rings. The molecule has 0 atom stereocenters. The number of amidine groups is 1. The molecule has 0 saturated heterocycles. The van der Waals surface area contributed by atoms with Crippen molar-refractivity contribution in [1.82, 2.24) is 5.43 Å². The summed E-state index contributed by atoms with van der Waals surface area (Å²) < 4.78 is 0. The van der Waals surface area contributed by atoms with Crippen molar-refractivity contribution in [3.8, 4) is 0 Å². The molecule has 0 spiro atoms. The Balaban J connectivity index is 2.72. The fraction of sp³-hybridized carbons (Fsp3) is 0.357. The minimum absolute atomic E-state index is 0.332. The van der Waals surface area contributed by atoms with E-state index in [-0.39, 0.29) is 0 Å². The molecular formula is C14H18Cl3N3. The maximum Gasteiger partial charge on any atom is 0.115 e. The summed E-state index contributed by atoms with van der Waals surface area (Å²) in [4.78, 5) is 4.39. The lowest BCUT2D eigenvalue weighted by molar-refractivity contribution is 0.813. The van der Waals surface area contributed by atoms with Crippen LogP contribution in [0.5, 0.6) is 0 Å². The summed E-state index contributed by atoms with van der Waals surface area (Å²) in [6, 6.07) is 3.45. The Morgan fingerprint density at radius 1 is 1.30 bits per heavy atom. The molecule has 0 aromatic heterocycles. The first kappa shape index (κ1) is 17.2. The van der Waals surface area contributed by atoms with Crippen molar-refractivity contribution < 1.29 is 0 Å². The van der Waals surface area contributed by atoms with Gasteiger partial charge in [-0.05, 0) is 18.6 Å². The molecular weight excluding hydrogens is 317 g/mol. The Morgan fingerprint density at radius 2 is 2.05 bits per heavy atom. The Kier molecular flexibility index (Phi) is 7.82. The van der Waals surface area contributed by atoms with Crippen molar-refractivity contribution in [3.63, 3.8) is 0 Å². The molecule has 0 unspecified atom stereocenters. The van der Waals surface area contributed by atoms with Crippen LogP contribution in [0.2, 0.25) is 15.1 Å². The second-order valence-corrected chi connectivity index (χ2v) is 5.32. The van der Waals surface area contributed by atoms with E-state index in [1.54, 1.807) is 18.2 Å². The molecule has 1 aromatic carbocycles. The number of hydrogen-bond acceptors (Lipinski definition) is 2. The van der Waals surface area contributed by atoms with Crippen LogP contribution in [0, 0.1) is 0 Å². The topological polar surface area (TPSA) is 36.4 Å². The standard InChI is InChI=1S/C14H18Cl3N3/c1-3-5-6-12(18-9-4-2)20-19-11-8-7-10(15)13(16)14(11)17/h4,7-8,19H,2-3,5-6,9H2,1H3,(H,18,20). The van der Waals surface area contributed by atoms with Gasteiger partial charge < -0.3 is 0 Å². The van der Waals surface area contributed by atoms with E-state index in [0.29, 0.717) is 27.3 Å². The molecule has 1 aromatic rings. The van der Waals surface area contributed by atoms with Crippen molar-refractivity contribution in [2.75, 3.05) is 12.0 Å². The number of hydrogen-bond donors (Lipinski definition) is 2. The van der Waals surface area contributed by atoms with Gasteiger partial charge in [-0.25, -0.2) is 0 Å². The maximum absolute atomic E-state index is 6.12. The number of benzene rings is 1. The van der Waals surface area contributed by atoms with Gasteiger partial charge in [0.05, 0.1) is 27.3 Å². The molecule has 6 heteroatoms. The summed E-state index contributed by atoms with van der Waals surface area (Å²) in [5.41, 5.74) is 6.72. The zero-order chi connectivity index (χ0) is 15.0. The number of rotatable bonds is 7. The number of unbranched alkanes of at least 4 members (excludes halogenated alkanes) is 1.